The molecule has 35 heavy (non-hydrogen) atoms. The molecule has 10 heteroatoms. The van der Waals surface area contributed by atoms with Gasteiger partial charge in [0.1, 0.15) is 11.6 Å². The molecule has 4 heterocycles. The molecule has 3 aliphatic rings. The van der Waals surface area contributed by atoms with Gasteiger partial charge in [-0.05, 0) is 44.6 Å². The highest BCUT2D eigenvalue weighted by Gasteiger charge is 2.28. The Morgan fingerprint density at radius 3 is 2.54 bits per heavy atom. The lowest BCUT2D eigenvalue weighted by molar-refractivity contribution is -0.00127. The Morgan fingerprint density at radius 2 is 1.80 bits per heavy atom. The molecule has 1 saturated carbocycles. The van der Waals surface area contributed by atoms with Gasteiger partial charge in [0.25, 0.3) is 0 Å². The maximum absolute atomic E-state index is 7.83. The van der Waals surface area contributed by atoms with Gasteiger partial charge >= 0.3 is 0 Å². The van der Waals surface area contributed by atoms with Crippen LogP contribution >= 0.6 is 0 Å². The topological polar surface area (TPSA) is 110 Å². The number of aromatic nitrogens is 3. The summed E-state index contributed by atoms with van der Waals surface area (Å²) in [6.45, 7) is 5.29. The summed E-state index contributed by atoms with van der Waals surface area (Å²) in [7, 11) is 1.99. The number of nitrogens with zero attached hydrogens (tertiary/aromatic N) is 4. The van der Waals surface area contributed by atoms with Gasteiger partial charge in [0.05, 0.1) is 24.4 Å². The van der Waals surface area contributed by atoms with Crippen LogP contribution in [0, 0.1) is 5.41 Å². The molecule has 1 aliphatic carbocycles. The Balaban J connectivity index is 1.26. The van der Waals surface area contributed by atoms with E-state index in [0.29, 0.717) is 29.6 Å². The maximum atomic E-state index is 7.83. The average molecular weight is 484 g/mol. The van der Waals surface area contributed by atoms with Crippen molar-refractivity contribution in [3.05, 3.63) is 24.2 Å². The van der Waals surface area contributed by atoms with Crippen molar-refractivity contribution in [2.45, 2.75) is 56.7 Å². The van der Waals surface area contributed by atoms with Crippen molar-refractivity contribution in [1.82, 2.24) is 24.8 Å². The van der Waals surface area contributed by atoms with Gasteiger partial charge in [-0.15, -0.1) is 0 Å². The molecular weight excluding hydrogens is 446 g/mol. The third-order valence-electron chi connectivity index (χ3n) is 7.28. The first-order valence-corrected chi connectivity index (χ1v) is 12.8. The van der Waals surface area contributed by atoms with E-state index in [1.54, 1.807) is 0 Å². The number of aryl methyl sites for hydroxylation is 1. The number of fused-ring (bicyclic) bond motifs is 1. The summed E-state index contributed by atoms with van der Waals surface area (Å²) >= 11 is 0. The summed E-state index contributed by atoms with van der Waals surface area (Å²) in [5.41, 5.74) is 2.32. The third-order valence-corrected chi connectivity index (χ3v) is 7.28. The standard InChI is InChI=1S/C25H37N7O3/c1-31-9-6-22-23(31)24(35-21-4-2-20(3-5-21)32-10-14-34-15-11-32)30-25(29-22)28-19(16-26)17-27-18-7-12-33-13-8-18/h6,9,16-18,20-21,26-27H,2-5,7-8,10-15H2,1H3,(H,28,29,30)/b19-17+,26-16?/t20-,21-. The molecule has 190 valence electrons. The highest BCUT2D eigenvalue weighted by molar-refractivity contribution is 5.84. The number of rotatable bonds is 8. The van der Waals surface area contributed by atoms with E-state index in [-0.39, 0.29) is 6.10 Å². The van der Waals surface area contributed by atoms with Gasteiger partial charge in [0.15, 0.2) is 0 Å². The second-order valence-electron chi connectivity index (χ2n) is 9.63. The summed E-state index contributed by atoms with van der Waals surface area (Å²) < 4.78 is 19.4. The Bertz CT molecular complexity index is 1020. The third kappa shape index (κ3) is 5.94. The van der Waals surface area contributed by atoms with E-state index in [2.05, 4.69) is 20.5 Å². The van der Waals surface area contributed by atoms with Crippen LogP contribution in [0.1, 0.15) is 38.5 Å². The Morgan fingerprint density at radius 1 is 1.06 bits per heavy atom. The highest BCUT2D eigenvalue weighted by atomic mass is 16.5. The number of morpholine rings is 1. The molecule has 0 amide bonds. The molecule has 3 N–H and O–H groups in total. The van der Waals surface area contributed by atoms with E-state index in [1.807, 2.05) is 30.1 Å². The minimum Gasteiger partial charge on any atom is -0.473 e. The van der Waals surface area contributed by atoms with Crippen molar-refractivity contribution < 1.29 is 14.2 Å². The molecule has 5 rings (SSSR count). The van der Waals surface area contributed by atoms with E-state index in [4.69, 9.17) is 24.6 Å². The number of ether oxygens (including phenoxy) is 3. The van der Waals surface area contributed by atoms with E-state index in [9.17, 15) is 0 Å². The summed E-state index contributed by atoms with van der Waals surface area (Å²) in [5, 5.41) is 14.4. The second kappa shape index (κ2) is 11.4. The summed E-state index contributed by atoms with van der Waals surface area (Å²) in [5.74, 6) is 1.03. The molecule has 2 saturated heterocycles. The summed E-state index contributed by atoms with van der Waals surface area (Å²) in [6.07, 6.45) is 11.4. The van der Waals surface area contributed by atoms with Crippen LogP contribution in [-0.4, -0.2) is 83.4 Å². The zero-order valence-electron chi connectivity index (χ0n) is 20.5. The Hall–Kier alpha value is -2.69. The Kier molecular flexibility index (Phi) is 7.80. The van der Waals surface area contributed by atoms with Crippen LogP contribution in [0.25, 0.3) is 11.0 Å². The van der Waals surface area contributed by atoms with Crippen LogP contribution in [0.2, 0.25) is 0 Å². The monoisotopic (exact) mass is 483 g/mol. The first kappa shape index (κ1) is 24.0. The number of hydrogen-bond acceptors (Lipinski definition) is 9. The van der Waals surface area contributed by atoms with Crippen molar-refractivity contribution in [2.75, 3.05) is 44.8 Å². The maximum Gasteiger partial charge on any atom is 0.243 e. The lowest BCUT2D eigenvalue weighted by Gasteiger charge is -2.38. The minimum atomic E-state index is 0.140. The quantitative estimate of drug-likeness (QED) is 0.492. The predicted octanol–water partition coefficient (Wildman–Crippen LogP) is 2.66. The molecular formula is C25H37N7O3. The summed E-state index contributed by atoms with van der Waals surface area (Å²) in [6, 6.07) is 2.95. The largest absolute Gasteiger partial charge is 0.473 e. The molecule has 0 atom stereocenters. The molecule has 2 aromatic heterocycles. The first-order chi connectivity index (χ1) is 17.2. The molecule has 0 aromatic carbocycles. The highest BCUT2D eigenvalue weighted by Crippen LogP contribution is 2.31. The van der Waals surface area contributed by atoms with Gasteiger partial charge in [-0.2, -0.15) is 4.98 Å². The lowest BCUT2D eigenvalue weighted by Crippen LogP contribution is -2.46. The van der Waals surface area contributed by atoms with Crippen LogP contribution in [0.3, 0.4) is 0 Å². The van der Waals surface area contributed by atoms with Crippen LogP contribution in [0.15, 0.2) is 24.2 Å². The molecule has 0 radical (unpaired) electrons. The first-order valence-electron chi connectivity index (χ1n) is 12.8. The number of anilines is 1. The summed E-state index contributed by atoms with van der Waals surface area (Å²) in [4.78, 5) is 12.0. The van der Waals surface area contributed by atoms with Crippen molar-refractivity contribution in [1.29, 1.82) is 5.41 Å². The zero-order chi connectivity index (χ0) is 24.0. The second-order valence-corrected chi connectivity index (χ2v) is 9.63. The molecule has 2 aliphatic heterocycles. The van der Waals surface area contributed by atoms with Crippen LogP contribution in [-0.2, 0) is 16.5 Å². The van der Waals surface area contributed by atoms with Gasteiger partial charge in [0.2, 0.25) is 11.8 Å². The fourth-order valence-electron chi connectivity index (χ4n) is 5.24. The van der Waals surface area contributed by atoms with Crippen molar-refractivity contribution in [3.63, 3.8) is 0 Å². The molecule has 0 bridgehead atoms. The molecule has 0 spiro atoms. The van der Waals surface area contributed by atoms with E-state index in [1.165, 1.54) is 6.21 Å². The van der Waals surface area contributed by atoms with Gasteiger partial charge in [-0.1, -0.05) is 0 Å². The van der Waals surface area contributed by atoms with E-state index < -0.39 is 0 Å². The number of hydrogen-bond donors (Lipinski definition) is 3. The van der Waals surface area contributed by atoms with Gasteiger partial charge < -0.3 is 34.8 Å². The molecule has 3 fully saturated rings. The normalized spacial score (nSPS) is 24.9. The van der Waals surface area contributed by atoms with Crippen LogP contribution in [0.4, 0.5) is 5.95 Å². The zero-order valence-corrected chi connectivity index (χ0v) is 20.5. The molecule has 0 unspecified atom stereocenters. The number of allylic oxidation sites excluding steroid dienone is 1. The van der Waals surface area contributed by atoms with Gasteiger partial charge in [0, 0.05) is 64.0 Å². The smallest absolute Gasteiger partial charge is 0.243 e. The average Bonchev–Trinajstić information content (AvgIpc) is 3.28. The molecule has 10 nitrogen and oxygen atoms in total. The SMILES string of the molecule is Cn1ccc2nc(N/C(C=N)=C/NC3CCOCC3)nc(O[C@H]3CC[C@H](N4CCOCC4)CC3)c21. The van der Waals surface area contributed by atoms with Crippen molar-refractivity contribution in [3.8, 4) is 5.88 Å². The predicted molar refractivity (Wildman–Crippen MR) is 135 cm³/mol. The van der Waals surface area contributed by atoms with Gasteiger partial charge in [-0.3, -0.25) is 4.90 Å². The molecule has 2 aromatic rings. The van der Waals surface area contributed by atoms with Crippen molar-refractivity contribution in [2.24, 2.45) is 7.05 Å². The lowest BCUT2D eigenvalue weighted by atomic mass is 9.91. The number of nitrogens with one attached hydrogen (secondary N) is 3. The fourth-order valence-corrected chi connectivity index (χ4v) is 5.24. The fraction of sp³-hybridized carbons (Fsp3) is 0.640. The van der Waals surface area contributed by atoms with Crippen molar-refractivity contribution >= 4 is 23.2 Å². The van der Waals surface area contributed by atoms with Crippen LogP contribution < -0.4 is 15.4 Å². The van der Waals surface area contributed by atoms with Crippen LogP contribution in [0.5, 0.6) is 5.88 Å². The van der Waals surface area contributed by atoms with E-state index >= 15 is 0 Å². The minimum absolute atomic E-state index is 0.140. The Labute approximate surface area is 206 Å². The van der Waals surface area contributed by atoms with E-state index in [0.717, 1.165) is 89.1 Å². The van der Waals surface area contributed by atoms with Gasteiger partial charge in [-0.25, -0.2) is 4.98 Å².